The Morgan fingerprint density at radius 1 is 0.450 bits per heavy atom. The SMILES string of the molecule is O=C1c2ccc3c4c(ccc(c24)C(=O)N1CCCCc1ccncc1)C(=O)N(CCCCc1ccncc1)C3=O. The smallest absolute Gasteiger partial charge is 0.261 e. The van der Waals surface area contributed by atoms with Gasteiger partial charge in [-0.15, -0.1) is 0 Å². The Balaban J connectivity index is 1.19. The summed E-state index contributed by atoms with van der Waals surface area (Å²) in [5, 5.41) is 0.828. The summed E-state index contributed by atoms with van der Waals surface area (Å²) < 4.78 is 0. The quantitative estimate of drug-likeness (QED) is 0.213. The molecule has 0 fully saturated rings. The zero-order valence-corrected chi connectivity index (χ0v) is 22.0. The highest BCUT2D eigenvalue weighted by atomic mass is 16.2. The second kappa shape index (κ2) is 10.8. The average molecular weight is 533 g/mol. The number of aromatic nitrogens is 2. The summed E-state index contributed by atoms with van der Waals surface area (Å²) in [5.74, 6) is -1.54. The monoisotopic (exact) mass is 532 g/mol. The summed E-state index contributed by atoms with van der Waals surface area (Å²) in [5.41, 5.74) is 3.75. The van der Waals surface area contributed by atoms with Crippen molar-refractivity contribution in [1.82, 2.24) is 19.8 Å². The lowest BCUT2D eigenvalue weighted by Crippen LogP contribution is -2.43. The molecular formula is C32H28N4O4. The van der Waals surface area contributed by atoms with Crippen molar-refractivity contribution in [3.63, 3.8) is 0 Å². The van der Waals surface area contributed by atoms with Crippen LogP contribution in [0.4, 0.5) is 0 Å². The van der Waals surface area contributed by atoms with Gasteiger partial charge in [0.2, 0.25) is 0 Å². The molecule has 0 aliphatic carbocycles. The van der Waals surface area contributed by atoms with Crippen molar-refractivity contribution in [3.8, 4) is 0 Å². The number of benzene rings is 2. The predicted molar refractivity (Wildman–Crippen MR) is 149 cm³/mol. The van der Waals surface area contributed by atoms with Crippen LogP contribution < -0.4 is 0 Å². The minimum Gasteiger partial charge on any atom is -0.274 e. The van der Waals surface area contributed by atoms with E-state index in [-0.39, 0.29) is 23.6 Å². The van der Waals surface area contributed by atoms with E-state index >= 15 is 0 Å². The maximum atomic E-state index is 13.4. The molecule has 0 atom stereocenters. The van der Waals surface area contributed by atoms with Gasteiger partial charge in [0, 0.05) is 70.9 Å². The first-order valence-corrected chi connectivity index (χ1v) is 13.6. The number of amides is 4. The van der Waals surface area contributed by atoms with Crippen LogP contribution in [0.1, 0.15) is 78.2 Å². The Labute approximate surface area is 231 Å². The van der Waals surface area contributed by atoms with Crippen molar-refractivity contribution < 1.29 is 19.2 Å². The summed E-state index contributed by atoms with van der Waals surface area (Å²) >= 11 is 0. The Bertz CT molecular complexity index is 1440. The van der Waals surface area contributed by atoms with Crippen LogP contribution in [0.3, 0.4) is 0 Å². The normalized spacial score (nSPS) is 14.4. The summed E-state index contributed by atoms with van der Waals surface area (Å²) in [6.45, 7) is 0.608. The predicted octanol–water partition coefficient (Wildman–Crippen LogP) is 4.87. The average Bonchev–Trinajstić information content (AvgIpc) is 2.99. The second-order valence-corrected chi connectivity index (χ2v) is 10.2. The lowest BCUT2D eigenvalue weighted by Gasteiger charge is -2.32. The molecular weight excluding hydrogens is 504 g/mol. The van der Waals surface area contributed by atoms with E-state index in [0.717, 1.165) is 36.8 Å². The number of imide groups is 2. The van der Waals surface area contributed by atoms with Crippen LogP contribution in [0, 0.1) is 0 Å². The fourth-order valence-electron chi connectivity index (χ4n) is 5.68. The Morgan fingerprint density at radius 3 is 1.10 bits per heavy atom. The van der Waals surface area contributed by atoms with E-state index < -0.39 is 0 Å². The van der Waals surface area contributed by atoms with E-state index in [0.29, 0.717) is 59.0 Å². The lowest BCUT2D eigenvalue weighted by molar-refractivity contribution is 0.0586. The van der Waals surface area contributed by atoms with E-state index in [1.807, 2.05) is 24.3 Å². The van der Waals surface area contributed by atoms with Gasteiger partial charge in [0.05, 0.1) is 0 Å². The van der Waals surface area contributed by atoms with Gasteiger partial charge in [0.15, 0.2) is 0 Å². The zero-order chi connectivity index (χ0) is 27.6. The summed E-state index contributed by atoms with van der Waals surface area (Å²) in [6, 6.07) is 14.3. The maximum absolute atomic E-state index is 13.4. The molecule has 0 unspecified atom stereocenters. The number of carbonyl (C=O) groups is 4. The van der Waals surface area contributed by atoms with E-state index in [4.69, 9.17) is 0 Å². The van der Waals surface area contributed by atoms with Gasteiger partial charge in [0.1, 0.15) is 0 Å². The largest absolute Gasteiger partial charge is 0.274 e. The Kier molecular flexibility index (Phi) is 6.90. The topological polar surface area (TPSA) is 101 Å². The number of hydrogen-bond acceptors (Lipinski definition) is 6. The summed E-state index contributed by atoms with van der Waals surface area (Å²) in [6.07, 6.45) is 11.7. The highest BCUT2D eigenvalue weighted by Crippen LogP contribution is 2.38. The van der Waals surface area contributed by atoms with Crippen molar-refractivity contribution in [2.24, 2.45) is 0 Å². The number of nitrogens with zero attached hydrogens (tertiary/aromatic N) is 4. The van der Waals surface area contributed by atoms with Gasteiger partial charge in [-0.05, 0) is 98.2 Å². The lowest BCUT2D eigenvalue weighted by atomic mass is 9.86. The third-order valence-electron chi connectivity index (χ3n) is 7.76. The molecule has 2 aliphatic heterocycles. The van der Waals surface area contributed by atoms with Crippen LogP contribution in [0.15, 0.2) is 73.3 Å². The van der Waals surface area contributed by atoms with Crippen LogP contribution in [-0.2, 0) is 12.8 Å². The third-order valence-corrected chi connectivity index (χ3v) is 7.76. The Morgan fingerprint density at radius 2 is 0.775 bits per heavy atom. The fraction of sp³-hybridized carbons (Fsp3) is 0.250. The molecule has 2 aromatic carbocycles. The molecule has 0 N–H and O–H groups in total. The highest BCUT2D eigenvalue weighted by molar-refractivity contribution is 6.33. The zero-order valence-electron chi connectivity index (χ0n) is 22.0. The minimum atomic E-state index is -0.386. The van der Waals surface area contributed by atoms with Gasteiger partial charge in [-0.25, -0.2) is 0 Å². The molecule has 0 spiro atoms. The molecule has 6 rings (SSSR count). The van der Waals surface area contributed by atoms with Crippen molar-refractivity contribution in [2.75, 3.05) is 13.1 Å². The third kappa shape index (κ3) is 4.55. The number of aryl methyl sites for hydroxylation is 2. The van der Waals surface area contributed by atoms with Crippen molar-refractivity contribution in [2.45, 2.75) is 38.5 Å². The van der Waals surface area contributed by atoms with Gasteiger partial charge in [-0.3, -0.25) is 38.9 Å². The molecule has 8 heteroatoms. The molecule has 4 amide bonds. The van der Waals surface area contributed by atoms with Gasteiger partial charge in [-0.2, -0.15) is 0 Å². The molecule has 4 aromatic rings. The molecule has 0 saturated carbocycles. The van der Waals surface area contributed by atoms with Gasteiger partial charge in [0.25, 0.3) is 23.6 Å². The molecule has 200 valence electrons. The number of unbranched alkanes of at least 4 members (excludes halogenated alkanes) is 2. The van der Waals surface area contributed by atoms with Crippen molar-refractivity contribution >= 4 is 34.4 Å². The molecule has 0 saturated heterocycles. The van der Waals surface area contributed by atoms with Crippen LogP contribution in [0.25, 0.3) is 10.8 Å². The number of rotatable bonds is 10. The molecule has 40 heavy (non-hydrogen) atoms. The van der Waals surface area contributed by atoms with E-state index in [1.165, 1.54) is 9.80 Å². The molecule has 8 nitrogen and oxygen atoms in total. The van der Waals surface area contributed by atoms with Gasteiger partial charge < -0.3 is 0 Å². The van der Waals surface area contributed by atoms with Crippen LogP contribution in [0.2, 0.25) is 0 Å². The van der Waals surface area contributed by atoms with E-state index in [9.17, 15) is 19.2 Å². The molecule has 2 aromatic heterocycles. The molecule has 0 radical (unpaired) electrons. The first kappa shape index (κ1) is 25.6. The Hall–Kier alpha value is -4.72. The summed E-state index contributed by atoms with van der Waals surface area (Å²) in [4.78, 5) is 64.4. The standard InChI is InChI=1S/C32H28N4O4/c37-29-23-7-9-25-28-26(32(40)36(31(25)39)20-4-2-6-22-13-17-34-18-14-22)10-8-24(27(23)28)30(38)35(29)19-3-1-5-21-11-15-33-16-12-21/h7-18H,1-6,19-20H2. The number of carbonyl (C=O) groups excluding carboxylic acids is 4. The molecule has 0 bridgehead atoms. The van der Waals surface area contributed by atoms with Crippen LogP contribution in [0.5, 0.6) is 0 Å². The number of pyridine rings is 2. The fourth-order valence-corrected chi connectivity index (χ4v) is 5.68. The first-order valence-electron chi connectivity index (χ1n) is 13.6. The maximum Gasteiger partial charge on any atom is 0.261 e. The van der Waals surface area contributed by atoms with Gasteiger partial charge in [-0.1, -0.05) is 0 Å². The van der Waals surface area contributed by atoms with Crippen LogP contribution >= 0.6 is 0 Å². The van der Waals surface area contributed by atoms with E-state index in [2.05, 4.69) is 9.97 Å². The molecule has 4 heterocycles. The van der Waals surface area contributed by atoms with Crippen molar-refractivity contribution in [3.05, 3.63) is 107 Å². The van der Waals surface area contributed by atoms with E-state index in [1.54, 1.807) is 49.1 Å². The van der Waals surface area contributed by atoms with Crippen LogP contribution in [-0.4, -0.2) is 56.5 Å². The van der Waals surface area contributed by atoms with Gasteiger partial charge >= 0.3 is 0 Å². The van der Waals surface area contributed by atoms with Crippen molar-refractivity contribution in [1.29, 1.82) is 0 Å². The first-order chi connectivity index (χ1) is 19.5. The second-order valence-electron chi connectivity index (χ2n) is 10.2. The molecule has 2 aliphatic rings. The minimum absolute atomic E-state index is 0.304. The summed E-state index contributed by atoms with van der Waals surface area (Å²) in [7, 11) is 0. The highest BCUT2D eigenvalue weighted by Gasteiger charge is 2.39. The number of hydrogen-bond donors (Lipinski definition) is 0.